The van der Waals surface area contributed by atoms with E-state index in [2.05, 4.69) is 0 Å². The Kier molecular flexibility index (Phi) is 5.31. The number of carbonyl (C=O) groups excluding carboxylic acids is 1. The average Bonchev–Trinajstić information content (AvgIpc) is 2.54. The lowest BCUT2D eigenvalue weighted by atomic mass is 9.95. The highest BCUT2D eigenvalue weighted by molar-refractivity contribution is 6.08. The number of ether oxygens (including phenoxy) is 1. The first-order chi connectivity index (χ1) is 10.6. The molecule has 0 aromatic heterocycles. The van der Waals surface area contributed by atoms with Crippen LogP contribution in [0.25, 0.3) is 0 Å². The van der Waals surface area contributed by atoms with Crippen LogP contribution in [0.4, 0.5) is 0 Å². The van der Waals surface area contributed by atoms with Crippen molar-refractivity contribution in [3.05, 3.63) is 65.7 Å². The van der Waals surface area contributed by atoms with Crippen molar-refractivity contribution in [3.8, 4) is 5.75 Å². The zero-order chi connectivity index (χ0) is 15.9. The highest BCUT2D eigenvalue weighted by Crippen LogP contribution is 2.19. The normalized spacial score (nSPS) is 11.7. The Morgan fingerprint density at radius 3 is 2.45 bits per heavy atom. The van der Waals surface area contributed by atoms with E-state index >= 15 is 0 Å². The average molecular weight is 298 g/mol. The second-order valence-corrected chi connectivity index (χ2v) is 4.97. The van der Waals surface area contributed by atoms with E-state index in [1.807, 2.05) is 30.3 Å². The lowest BCUT2D eigenvalue weighted by Crippen LogP contribution is -2.23. The number of rotatable bonds is 7. The minimum atomic E-state index is -1.09. The van der Waals surface area contributed by atoms with Crippen LogP contribution in [0.15, 0.2) is 54.6 Å². The molecule has 0 bridgehead atoms. The van der Waals surface area contributed by atoms with Crippen molar-refractivity contribution in [3.63, 3.8) is 0 Å². The molecule has 2 aromatic rings. The smallest absolute Gasteiger partial charge is 0.314 e. The molecule has 0 aliphatic rings. The van der Waals surface area contributed by atoms with Crippen LogP contribution in [0.2, 0.25) is 0 Å². The molecular weight excluding hydrogens is 280 g/mol. The minimum Gasteiger partial charge on any atom is -0.489 e. The van der Waals surface area contributed by atoms with Crippen molar-refractivity contribution < 1.29 is 19.4 Å². The molecule has 0 amide bonds. The molecule has 1 atom stereocenters. The van der Waals surface area contributed by atoms with E-state index in [1.165, 1.54) is 0 Å². The summed E-state index contributed by atoms with van der Waals surface area (Å²) in [5, 5.41) is 9.07. The molecule has 1 N–H and O–H groups in total. The van der Waals surface area contributed by atoms with Gasteiger partial charge >= 0.3 is 5.97 Å². The van der Waals surface area contributed by atoms with Gasteiger partial charge in [-0.25, -0.2) is 0 Å². The van der Waals surface area contributed by atoms with Crippen LogP contribution in [-0.4, -0.2) is 16.9 Å². The molecular formula is C18H18O4. The number of Topliss-reactive ketones (excluding diaryl/α,β-unsaturated/α-hetero) is 1. The number of ketones is 1. The number of carboxylic acid groups (broad SMARTS) is 1. The van der Waals surface area contributed by atoms with Gasteiger partial charge in [-0.05, 0) is 24.1 Å². The van der Waals surface area contributed by atoms with E-state index in [-0.39, 0.29) is 12.2 Å². The Balaban J connectivity index is 2.09. The van der Waals surface area contributed by atoms with Gasteiger partial charge in [0.05, 0.1) is 0 Å². The Bertz CT molecular complexity index is 649. The number of hydrogen-bond acceptors (Lipinski definition) is 3. The summed E-state index contributed by atoms with van der Waals surface area (Å²) in [6.45, 7) is 2.08. The van der Waals surface area contributed by atoms with E-state index in [0.29, 0.717) is 17.9 Å². The van der Waals surface area contributed by atoms with Gasteiger partial charge in [-0.2, -0.15) is 0 Å². The largest absolute Gasteiger partial charge is 0.489 e. The van der Waals surface area contributed by atoms with Gasteiger partial charge in [-0.15, -0.1) is 0 Å². The van der Waals surface area contributed by atoms with Crippen molar-refractivity contribution in [2.75, 3.05) is 0 Å². The van der Waals surface area contributed by atoms with Crippen LogP contribution in [0.1, 0.15) is 29.3 Å². The Morgan fingerprint density at radius 2 is 1.82 bits per heavy atom. The molecule has 0 spiro atoms. The van der Waals surface area contributed by atoms with Crippen LogP contribution in [0.3, 0.4) is 0 Å². The maximum absolute atomic E-state index is 12.2. The summed E-state index contributed by atoms with van der Waals surface area (Å²) in [7, 11) is 0. The quantitative estimate of drug-likeness (QED) is 0.627. The first kappa shape index (κ1) is 15.8. The summed E-state index contributed by atoms with van der Waals surface area (Å²) >= 11 is 0. The van der Waals surface area contributed by atoms with Crippen molar-refractivity contribution in [2.45, 2.75) is 20.0 Å². The third-order valence-electron chi connectivity index (χ3n) is 3.39. The van der Waals surface area contributed by atoms with E-state index in [9.17, 15) is 9.59 Å². The topological polar surface area (TPSA) is 63.6 Å². The lowest BCUT2D eigenvalue weighted by molar-refractivity contribution is -0.140. The molecule has 0 saturated carbocycles. The molecule has 4 nitrogen and oxygen atoms in total. The predicted octanol–water partition coefficient (Wildman–Crippen LogP) is 3.56. The van der Waals surface area contributed by atoms with Gasteiger partial charge in [0, 0.05) is 5.56 Å². The highest BCUT2D eigenvalue weighted by atomic mass is 16.5. The monoisotopic (exact) mass is 298 g/mol. The summed E-state index contributed by atoms with van der Waals surface area (Å²) in [5.41, 5.74) is 1.39. The molecule has 0 aliphatic heterocycles. The van der Waals surface area contributed by atoms with Gasteiger partial charge < -0.3 is 9.84 Å². The maximum atomic E-state index is 12.2. The molecule has 0 aliphatic carbocycles. The summed E-state index contributed by atoms with van der Waals surface area (Å²) < 4.78 is 5.66. The zero-order valence-electron chi connectivity index (χ0n) is 12.4. The van der Waals surface area contributed by atoms with E-state index < -0.39 is 11.9 Å². The van der Waals surface area contributed by atoms with Gasteiger partial charge in [0.2, 0.25) is 0 Å². The molecule has 114 valence electrons. The molecule has 2 rings (SSSR count). The van der Waals surface area contributed by atoms with E-state index in [0.717, 1.165) is 5.56 Å². The molecule has 4 heteroatoms. The first-order valence-corrected chi connectivity index (χ1v) is 7.15. The fourth-order valence-electron chi connectivity index (χ4n) is 2.15. The van der Waals surface area contributed by atoms with Crippen molar-refractivity contribution in [1.82, 2.24) is 0 Å². The third kappa shape index (κ3) is 3.95. The van der Waals surface area contributed by atoms with Gasteiger partial charge in [-0.3, -0.25) is 9.59 Å². The first-order valence-electron chi connectivity index (χ1n) is 7.15. The number of carbonyl (C=O) groups is 2. The van der Waals surface area contributed by atoms with Crippen molar-refractivity contribution in [1.29, 1.82) is 0 Å². The molecule has 1 unspecified atom stereocenters. The summed E-state index contributed by atoms with van der Waals surface area (Å²) in [6.07, 6.45) is 0.267. The van der Waals surface area contributed by atoms with E-state index in [4.69, 9.17) is 9.84 Å². The summed E-state index contributed by atoms with van der Waals surface area (Å²) in [6, 6.07) is 16.3. The second kappa shape index (κ2) is 7.41. The number of benzene rings is 2. The van der Waals surface area contributed by atoms with Crippen molar-refractivity contribution in [2.24, 2.45) is 5.92 Å². The Morgan fingerprint density at radius 1 is 1.09 bits per heavy atom. The van der Waals surface area contributed by atoms with Crippen LogP contribution >= 0.6 is 0 Å². The molecule has 0 heterocycles. The van der Waals surface area contributed by atoms with Crippen LogP contribution in [0, 0.1) is 5.92 Å². The van der Waals surface area contributed by atoms with Gasteiger partial charge in [0.25, 0.3) is 0 Å². The highest BCUT2D eigenvalue weighted by Gasteiger charge is 2.25. The SMILES string of the molecule is CCC(C(=O)O)C(=O)c1cccc(OCc2ccccc2)c1. The number of aliphatic carboxylic acids is 1. The minimum absolute atomic E-state index is 0.267. The Labute approximate surface area is 129 Å². The molecule has 0 radical (unpaired) electrons. The lowest BCUT2D eigenvalue weighted by Gasteiger charge is -2.11. The molecule has 0 saturated heterocycles. The van der Waals surface area contributed by atoms with Crippen LogP contribution < -0.4 is 4.74 Å². The Hall–Kier alpha value is -2.62. The summed E-state index contributed by atoms with van der Waals surface area (Å²) in [4.78, 5) is 23.3. The second-order valence-electron chi connectivity index (χ2n) is 4.97. The van der Waals surface area contributed by atoms with E-state index in [1.54, 1.807) is 31.2 Å². The third-order valence-corrected chi connectivity index (χ3v) is 3.39. The molecule has 22 heavy (non-hydrogen) atoms. The van der Waals surface area contributed by atoms with Gasteiger partial charge in [0.1, 0.15) is 18.3 Å². The fraction of sp³-hybridized carbons (Fsp3) is 0.222. The van der Waals surface area contributed by atoms with Gasteiger partial charge in [0.15, 0.2) is 5.78 Å². The van der Waals surface area contributed by atoms with Gasteiger partial charge in [-0.1, -0.05) is 49.4 Å². The fourth-order valence-corrected chi connectivity index (χ4v) is 2.15. The predicted molar refractivity (Wildman–Crippen MR) is 83.0 cm³/mol. The number of carboxylic acids is 1. The molecule has 0 fully saturated rings. The van der Waals surface area contributed by atoms with Crippen molar-refractivity contribution >= 4 is 11.8 Å². The van der Waals surface area contributed by atoms with Crippen LogP contribution in [0.5, 0.6) is 5.75 Å². The standard InChI is InChI=1S/C18H18O4/c1-2-16(18(20)21)17(19)14-9-6-10-15(11-14)22-12-13-7-4-3-5-8-13/h3-11,16H,2,12H2,1H3,(H,20,21). The summed E-state index contributed by atoms with van der Waals surface area (Å²) in [5.74, 6) is -1.94. The molecule has 2 aromatic carbocycles. The van der Waals surface area contributed by atoms with Crippen LogP contribution in [-0.2, 0) is 11.4 Å². The maximum Gasteiger partial charge on any atom is 0.314 e. The number of hydrogen-bond donors (Lipinski definition) is 1. The zero-order valence-corrected chi connectivity index (χ0v) is 12.4.